The van der Waals surface area contributed by atoms with Crippen LogP contribution in [0.4, 0.5) is 5.69 Å². The van der Waals surface area contributed by atoms with E-state index in [0.717, 1.165) is 34.4 Å². The van der Waals surface area contributed by atoms with Crippen LogP contribution in [-0.2, 0) is 6.42 Å². The van der Waals surface area contributed by atoms with Crippen molar-refractivity contribution in [2.75, 3.05) is 11.1 Å². The van der Waals surface area contributed by atoms with Gasteiger partial charge in [0.15, 0.2) is 17.4 Å². The number of anilines is 1. The summed E-state index contributed by atoms with van der Waals surface area (Å²) in [6.07, 6.45) is 0.709. The van der Waals surface area contributed by atoms with Gasteiger partial charge in [-0.25, -0.2) is 15.0 Å². The van der Waals surface area contributed by atoms with Gasteiger partial charge in [0.25, 0.3) is 0 Å². The quantitative estimate of drug-likeness (QED) is 0.455. The van der Waals surface area contributed by atoms with Crippen molar-refractivity contribution in [1.29, 1.82) is 0 Å². The van der Waals surface area contributed by atoms with Crippen LogP contribution in [0.1, 0.15) is 23.9 Å². The number of thioether (sulfide) groups is 1. The number of benzene rings is 1. The third kappa shape index (κ3) is 5.09. The number of guanidine groups is 1. The van der Waals surface area contributed by atoms with Gasteiger partial charge >= 0.3 is 0 Å². The van der Waals surface area contributed by atoms with E-state index in [0.29, 0.717) is 5.96 Å². The fraction of sp³-hybridized carbons (Fsp3) is 0.389. The highest BCUT2D eigenvalue weighted by Gasteiger charge is 2.21. The van der Waals surface area contributed by atoms with Crippen molar-refractivity contribution < 1.29 is 0 Å². The lowest BCUT2D eigenvalue weighted by Crippen LogP contribution is -2.59. The summed E-state index contributed by atoms with van der Waals surface area (Å²) in [5.41, 5.74) is 10.2. The summed E-state index contributed by atoms with van der Waals surface area (Å²) in [4.78, 5) is 13.3. The molecule has 26 heavy (non-hydrogen) atoms. The van der Waals surface area contributed by atoms with Gasteiger partial charge < -0.3 is 16.4 Å². The van der Waals surface area contributed by atoms with E-state index in [1.807, 2.05) is 19.9 Å². The monoisotopic (exact) mass is 371 g/mol. The van der Waals surface area contributed by atoms with E-state index in [2.05, 4.69) is 62.1 Å². The molecule has 138 valence electrons. The molecule has 2 heterocycles. The van der Waals surface area contributed by atoms with Crippen LogP contribution in [0.25, 0.3) is 0 Å². The lowest BCUT2D eigenvalue weighted by atomic mass is 10.1. The molecule has 2 aromatic rings. The highest BCUT2D eigenvalue weighted by atomic mass is 32.2. The van der Waals surface area contributed by atoms with Crippen molar-refractivity contribution in [2.45, 2.75) is 44.8 Å². The van der Waals surface area contributed by atoms with Crippen LogP contribution < -0.4 is 21.7 Å². The minimum absolute atomic E-state index is 0.0330. The second kappa shape index (κ2) is 8.37. The first-order valence-electron chi connectivity index (χ1n) is 8.68. The smallest absolute Gasteiger partial charge is 0.193 e. The van der Waals surface area contributed by atoms with Crippen LogP contribution >= 0.6 is 11.8 Å². The molecule has 2 unspecified atom stereocenters. The van der Waals surface area contributed by atoms with Crippen LogP contribution in [0.5, 0.6) is 0 Å². The third-order valence-corrected chi connectivity index (χ3v) is 4.90. The van der Waals surface area contributed by atoms with Crippen molar-refractivity contribution in [2.24, 2.45) is 10.7 Å². The number of hydrogen-bond acceptors (Lipinski definition) is 8. The van der Waals surface area contributed by atoms with E-state index >= 15 is 0 Å². The Morgan fingerprint density at radius 2 is 1.85 bits per heavy atom. The van der Waals surface area contributed by atoms with Gasteiger partial charge in [-0.3, -0.25) is 5.32 Å². The molecule has 0 fully saturated rings. The van der Waals surface area contributed by atoms with Gasteiger partial charge in [-0.05, 0) is 44.0 Å². The van der Waals surface area contributed by atoms with Crippen LogP contribution in [-0.4, -0.2) is 34.1 Å². The summed E-state index contributed by atoms with van der Waals surface area (Å²) in [7, 11) is 0. The molecule has 0 radical (unpaired) electrons. The van der Waals surface area contributed by atoms with Crippen molar-refractivity contribution in [3.05, 3.63) is 47.3 Å². The Morgan fingerprint density at radius 3 is 2.50 bits per heavy atom. The molecule has 0 amide bonds. The molecular weight excluding hydrogens is 346 g/mol. The summed E-state index contributed by atoms with van der Waals surface area (Å²) < 4.78 is 0. The first-order valence-corrected chi connectivity index (χ1v) is 9.67. The van der Waals surface area contributed by atoms with E-state index in [-0.39, 0.29) is 12.5 Å². The molecule has 0 bridgehead atoms. The predicted octanol–water partition coefficient (Wildman–Crippen LogP) is 1.98. The highest BCUT2D eigenvalue weighted by molar-refractivity contribution is 7.99. The van der Waals surface area contributed by atoms with Gasteiger partial charge in [0.1, 0.15) is 0 Å². The molecule has 3 rings (SSSR count). The molecule has 5 N–H and O–H groups in total. The first kappa shape index (κ1) is 18.5. The Kier molecular flexibility index (Phi) is 5.95. The Hall–Kier alpha value is -2.32. The zero-order chi connectivity index (χ0) is 18.5. The molecule has 0 aliphatic carbocycles. The second-order valence-electron chi connectivity index (χ2n) is 6.22. The van der Waals surface area contributed by atoms with Crippen LogP contribution in [0.2, 0.25) is 0 Å². The van der Waals surface area contributed by atoms with E-state index < -0.39 is 0 Å². The maximum Gasteiger partial charge on any atom is 0.193 e. The Bertz CT molecular complexity index is 755. The summed E-state index contributed by atoms with van der Waals surface area (Å²) in [5, 5.41) is 10.7. The summed E-state index contributed by atoms with van der Waals surface area (Å²) in [5.74, 6) is 1.14. The lowest BCUT2D eigenvalue weighted by Gasteiger charge is -2.30. The van der Waals surface area contributed by atoms with E-state index in [1.165, 1.54) is 5.56 Å². The molecule has 0 spiro atoms. The zero-order valence-corrected chi connectivity index (χ0v) is 16.1. The van der Waals surface area contributed by atoms with Crippen LogP contribution in [0.15, 0.2) is 40.5 Å². The fourth-order valence-corrected chi connectivity index (χ4v) is 3.61. The topological polar surface area (TPSA) is 100 Å². The number of nitrogens with one attached hydrogen (secondary N) is 3. The highest BCUT2D eigenvalue weighted by Crippen LogP contribution is 2.16. The van der Waals surface area contributed by atoms with Crippen molar-refractivity contribution >= 4 is 23.4 Å². The minimum atomic E-state index is -0.283. The molecule has 7 nitrogen and oxygen atoms in total. The standard InChI is InChI=1S/C18H25N7S/c1-4-13-5-7-14(8-6-13)22-17-24-15(23-16(19)25-17)10-26-18-20-11(2)9-12(3)21-18/h5-9,15,17,22,24H,4,10H2,1-3H3,(H3,19,23,25). The fourth-order valence-electron chi connectivity index (χ4n) is 2.70. The van der Waals surface area contributed by atoms with Gasteiger partial charge in [-0.2, -0.15) is 0 Å². The third-order valence-electron chi connectivity index (χ3n) is 3.96. The maximum atomic E-state index is 5.95. The number of rotatable bonds is 6. The molecule has 1 aromatic carbocycles. The number of aromatic nitrogens is 2. The summed E-state index contributed by atoms with van der Waals surface area (Å²) in [6.45, 7) is 6.10. The average Bonchev–Trinajstić information content (AvgIpc) is 2.59. The maximum absolute atomic E-state index is 5.95. The molecule has 1 aliphatic rings. The minimum Gasteiger partial charge on any atom is -0.370 e. The number of aliphatic imine (C=N–C) groups is 1. The van der Waals surface area contributed by atoms with Gasteiger partial charge in [-0.15, -0.1) is 0 Å². The predicted molar refractivity (Wildman–Crippen MR) is 107 cm³/mol. The molecule has 1 aliphatic heterocycles. The Morgan fingerprint density at radius 1 is 1.15 bits per heavy atom. The SMILES string of the molecule is CCc1ccc(NC2N=C(N)NC(CSc3nc(C)cc(C)n3)N2)cc1. The Balaban J connectivity index is 1.59. The number of aryl methyl sites for hydroxylation is 3. The number of nitrogens with two attached hydrogens (primary N) is 1. The van der Waals surface area contributed by atoms with E-state index in [1.54, 1.807) is 11.8 Å². The second-order valence-corrected chi connectivity index (χ2v) is 7.21. The van der Waals surface area contributed by atoms with Crippen LogP contribution in [0, 0.1) is 13.8 Å². The van der Waals surface area contributed by atoms with E-state index in [9.17, 15) is 0 Å². The normalized spacial score (nSPS) is 19.6. The van der Waals surface area contributed by atoms with E-state index in [4.69, 9.17) is 5.73 Å². The van der Waals surface area contributed by atoms with Crippen molar-refractivity contribution in [1.82, 2.24) is 20.6 Å². The molecule has 8 heteroatoms. The molecule has 0 saturated carbocycles. The van der Waals surface area contributed by atoms with Crippen molar-refractivity contribution in [3.63, 3.8) is 0 Å². The largest absolute Gasteiger partial charge is 0.370 e. The summed E-state index contributed by atoms with van der Waals surface area (Å²) in [6, 6.07) is 10.3. The Labute approximate surface area is 158 Å². The van der Waals surface area contributed by atoms with Crippen LogP contribution in [0.3, 0.4) is 0 Å². The lowest BCUT2D eigenvalue weighted by molar-refractivity contribution is 0.442. The van der Waals surface area contributed by atoms with Gasteiger partial charge in [0.2, 0.25) is 0 Å². The number of nitrogens with zero attached hydrogens (tertiary/aromatic N) is 3. The zero-order valence-electron chi connectivity index (χ0n) is 15.3. The first-order chi connectivity index (χ1) is 12.5. The molecule has 0 saturated heterocycles. The molecule has 1 aromatic heterocycles. The molecule has 2 atom stereocenters. The van der Waals surface area contributed by atoms with Gasteiger partial charge in [0, 0.05) is 22.8 Å². The molecular formula is C18H25N7S. The van der Waals surface area contributed by atoms with Gasteiger partial charge in [-0.1, -0.05) is 30.8 Å². The summed E-state index contributed by atoms with van der Waals surface area (Å²) >= 11 is 1.59. The van der Waals surface area contributed by atoms with Crippen molar-refractivity contribution in [3.8, 4) is 0 Å². The number of hydrogen-bond donors (Lipinski definition) is 4. The average molecular weight is 372 g/mol. The van der Waals surface area contributed by atoms with Gasteiger partial charge in [0.05, 0.1) is 6.17 Å².